The quantitative estimate of drug-likeness (QED) is 0.849. The molecule has 0 aliphatic carbocycles. The number of methoxy groups -OCH3 is 1. The number of rotatable bonds is 5. The second kappa shape index (κ2) is 6.60. The van der Waals surface area contributed by atoms with Gasteiger partial charge in [-0.2, -0.15) is 9.57 Å². The zero-order valence-corrected chi connectivity index (χ0v) is 13.2. The van der Waals surface area contributed by atoms with Crippen LogP contribution in [0.1, 0.15) is 11.1 Å². The second-order valence-corrected chi connectivity index (χ2v) is 6.69. The third kappa shape index (κ3) is 3.11. The van der Waals surface area contributed by atoms with Crippen molar-refractivity contribution in [1.82, 2.24) is 4.31 Å². The zero-order chi connectivity index (χ0) is 16.2. The summed E-state index contributed by atoms with van der Waals surface area (Å²) in [6.07, 6.45) is 0. The monoisotopic (exact) mass is 316 g/mol. The molecule has 0 aromatic heterocycles. The molecule has 2 aromatic carbocycles. The van der Waals surface area contributed by atoms with Crippen molar-refractivity contribution in [3.05, 3.63) is 59.7 Å². The van der Waals surface area contributed by atoms with E-state index in [1.807, 2.05) is 18.2 Å². The maximum atomic E-state index is 12.6. The van der Waals surface area contributed by atoms with Gasteiger partial charge in [0.25, 0.3) is 0 Å². The largest absolute Gasteiger partial charge is 0.496 e. The summed E-state index contributed by atoms with van der Waals surface area (Å²) >= 11 is 0. The number of nitrogens with zero attached hydrogens (tertiary/aromatic N) is 2. The molecule has 0 aliphatic rings. The molecule has 0 amide bonds. The van der Waals surface area contributed by atoms with E-state index in [0.717, 1.165) is 5.56 Å². The van der Waals surface area contributed by atoms with E-state index in [0.29, 0.717) is 5.75 Å². The molecular weight excluding hydrogens is 300 g/mol. The fourth-order valence-corrected chi connectivity index (χ4v) is 3.40. The van der Waals surface area contributed by atoms with Crippen molar-refractivity contribution in [2.75, 3.05) is 14.2 Å². The van der Waals surface area contributed by atoms with Gasteiger partial charge in [0.1, 0.15) is 11.8 Å². The molecule has 0 saturated heterocycles. The molecule has 114 valence electrons. The minimum Gasteiger partial charge on any atom is -0.496 e. The summed E-state index contributed by atoms with van der Waals surface area (Å²) in [6, 6.07) is 15.3. The van der Waals surface area contributed by atoms with E-state index in [4.69, 9.17) is 10.00 Å². The van der Waals surface area contributed by atoms with Crippen molar-refractivity contribution in [2.45, 2.75) is 11.4 Å². The first-order chi connectivity index (χ1) is 10.5. The minimum atomic E-state index is -3.75. The summed E-state index contributed by atoms with van der Waals surface area (Å²) in [5.41, 5.74) is 0.889. The Balaban J connectivity index is 2.36. The van der Waals surface area contributed by atoms with Crippen LogP contribution in [0.3, 0.4) is 0 Å². The Bertz CT molecular complexity index is 810. The number of para-hydroxylation sites is 1. The molecule has 2 rings (SSSR count). The van der Waals surface area contributed by atoms with Gasteiger partial charge >= 0.3 is 0 Å². The average molecular weight is 316 g/mol. The highest BCUT2D eigenvalue weighted by Gasteiger charge is 2.24. The number of hydrogen-bond acceptors (Lipinski definition) is 4. The first kappa shape index (κ1) is 16.0. The molecule has 0 unspecified atom stereocenters. The summed E-state index contributed by atoms with van der Waals surface area (Å²) in [4.78, 5) is 0.00916. The maximum Gasteiger partial charge on any atom is 0.244 e. The summed E-state index contributed by atoms with van der Waals surface area (Å²) in [5.74, 6) is 0.623. The van der Waals surface area contributed by atoms with Gasteiger partial charge in [-0.3, -0.25) is 0 Å². The Morgan fingerprint density at radius 2 is 1.77 bits per heavy atom. The minimum absolute atomic E-state index is 0.00916. The fourth-order valence-electron chi connectivity index (χ4n) is 2.11. The molecule has 0 radical (unpaired) electrons. The summed E-state index contributed by atoms with van der Waals surface area (Å²) < 4.78 is 31.7. The highest BCUT2D eigenvalue weighted by molar-refractivity contribution is 7.89. The third-order valence-corrected chi connectivity index (χ3v) is 5.14. The predicted octanol–water partition coefficient (Wildman–Crippen LogP) is 2.39. The first-order valence-electron chi connectivity index (χ1n) is 6.58. The normalized spacial score (nSPS) is 11.2. The zero-order valence-electron chi connectivity index (χ0n) is 12.4. The van der Waals surface area contributed by atoms with Gasteiger partial charge in [-0.05, 0) is 18.2 Å². The van der Waals surface area contributed by atoms with Gasteiger partial charge in [-0.25, -0.2) is 8.42 Å². The van der Waals surface area contributed by atoms with Gasteiger partial charge in [-0.1, -0.05) is 30.3 Å². The Kier molecular flexibility index (Phi) is 4.81. The summed E-state index contributed by atoms with van der Waals surface area (Å²) in [6.45, 7) is 0.159. The molecule has 0 saturated carbocycles. The van der Waals surface area contributed by atoms with Gasteiger partial charge in [0, 0.05) is 19.2 Å². The Morgan fingerprint density at radius 1 is 1.14 bits per heavy atom. The van der Waals surface area contributed by atoms with Crippen molar-refractivity contribution in [2.24, 2.45) is 0 Å². The molecule has 0 aliphatic heterocycles. The second-order valence-electron chi connectivity index (χ2n) is 4.68. The smallest absolute Gasteiger partial charge is 0.244 e. The van der Waals surface area contributed by atoms with Gasteiger partial charge in [0.2, 0.25) is 10.0 Å². The van der Waals surface area contributed by atoms with Crippen LogP contribution in [0, 0.1) is 11.3 Å². The van der Waals surface area contributed by atoms with Crippen LogP contribution in [0.5, 0.6) is 5.75 Å². The molecule has 2 aromatic rings. The molecule has 0 heterocycles. The fraction of sp³-hybridized carbons (Fsp3) is 0.188. The number of sulfonamides is 1. The van der Waals surface area contributed by atoms with Crippen molar-refractivity contribution in [1.29, 1.82) is 5.26 Å². The van der Waals surface area contributed by atoms with Crippen LogP contribution in [0.4, 0.5) is 0 Å². The topological polar surface area (TPSA) is 70.4 Å². The number of ether oxygens (including phenoxy) is 1. The van der Waals surface area contributed by atoms with E-state index >= 15 is 0 Å². The van der Waals surface area contributed by atoms with Crippen LogP contribution in [0.25, 0.3) is 0 Å². The maximum absolute atomic E-state index is 12.6. The van der Waals surface area contributed by atoms with E-state index in [9.17, 15) is 8.42 Å². The molecule has 6 heteroatoms. The van der Waals surface area contributed by atoms with Gasteiger partial charge in [0.05, 0.1) is 17.6 Å². The molecule has 0 spiro atoms. The van der Waals surface area contributed by atoms with Crippen LogP contribution in [0.15, 0.2) is 53.4 Å². The lowest BCUT2D eigenvalue weighted by atomic mass is 10.2. The van der Waals surface area contributed by atoms with E-state index in [1.54, 1.807) is 24.3 Å². The molecule has 5 nitrogen and oxygen atoms in total. The predicted molar refractivity (Wildman–Crippen MR) is 82.8 cm³/mol. The average Bonchev–Trinajstić information content (AvgIpc) is 2.55. The SMILES string of the molecule is COc1ccccc1CN(C)S(=O)(=O)c1ccccc1C#N. The van der Waals surface area contributed by atoms with E-state index in [1.165, 1.54) is 30.6 Å². The molecule has 22 heavy (non-hydrogen) atoms. The van der Waals surface area contributed by atoms with Crippen molar-refractivity contribution in [3.8, 4) is 11.8 Å². The van der Waals surface area contributed by atoms with Gasteiger partial charge in [-0.15, -0.1) is 0 Å². The number of benzene rings is 2. The highest BCUT2D eigenvalue weighted by Crippen LogP contribution is 2.24. The van der Waals surface area contributed by atoms with Crippen LogP contribution >= 0.6 is 0 Å². The van der Waals surface area contributed by atoms with Crippen LogP contribution in [-0.2, 0) is 16.6 Å². The Hall–Kier alpha value is -2.36. The van der Waals surface area contributed by atoms with Gasteiger partial charge in [0.15, 0.2) is 0 Å². The molecule has 0 N–H and O–H groups in total. The molecular formula is C16H16N2O3S. The highest BCUT2D eigenvalue weighted by atomic mass is 32.2. The Morgan fingerprint density at radius 3 is 2.45 bits per heavy atom. The van der Waals surface area contributed by atoms with E-state index in [-0.39, 0.29) is 17.0 Å². The third-order valence-electron chi connectivity index (χ3n) is 3.28. The lowest BCUT2D eigenvalue weighted by Gasteiger charge is -2.19. The summed E-state index contributed by atoms with van der Waals surface area (Å²) in [5, 5.41) is 9.08. The van der Waals surface area contributed by atoms with E-state index in [2.05, 4.69) is 0 Å². The Labute approximate surface area is 130 Å². The molecule has 0 bridgehead atoms. The number of nitriles is 1. The van der Waals surface area contributed by atoms with Crippen LogP contribution in [-0.4, -0.2) is 26.9 Å². The van der Waals surface area contributed by atoms with Crippen molar-refractivity contribution in [3.63, 3.8) is 0 Å². The lowest BCUT2D eigenvalue weighted by Crippen LogP contribution is -2.27. The van der Waals surface area contributed by atoms with Crippen molar-refractivity contribution < 1.29 is 13.2 Å². The molecule has 0 fully saturated rings. The molecule has 0 atom stereocenters. The lowest BCUT2D eigenvalue weighted by molar-refractivity contribution is 0.398. The van der Waals surface area contributed by atoms with Crippen molar-refractivity contribution >= 4 is 10.0 Å². The standard InChI is InChI=1S/C16H16N2O3S/c1-18(12-14-8-3-5-9-15(14)21-2)22(19,20)16-10-6-4-7-13(16)11-17/h3-10H,12H2,1-2H3. The summed E-state index contributed by atoms with van der Waals surface area (Å²) in [7, 11) is -0.728. The number of hydrogen-bond donors (Lipinski definition) is 0. The van der Waals surface area contributed by atoms with Crippen LogP contribution < -0.4 is 4.74 Å². The van der Waals surface area contributed by atoms with Gasteiger partial charge < -0.3 is 4.74 Å². The van der Waals surface area contributed by atoms with Crippen LogP contribution in [0.2, 0.25) is 0 Å². The van der Waals surface area contributed by atoms with E-state index < -0.39 is 10.0 Å². The first-order valence-corrected chi connectivity index (χ1v) is 8.02.